The van der Waals surface area contributed by atoms with Crippen molar-refractivity contribution in [3.63, 3.8) is 0 Å². The lowest BCUT2D eigenvalue weighted by Crippen LogP contribution is -2.48. The second-order valence-electron chi connectivity index (χ2n) is 5.71. The molecule has 0 unspecified atom stereocenters. The maximum atomic E-state index is 12.9. The first-order valence-corrected chi connectivity index (χ1v) is 10.1. The van der Waals surface area contributed by atoms with Gasteiger partial charge in [-0.3, -0.25) is 0 Å². The van der Waals surface area contributed by atoms with Gasteiger partial charge in [0.25, 0.3) is 0 Å². The van der Waals surface area contributed by atoms with Crippen molar-refractivity contribution >= 4 is 37.3 Å². The van der Waals surface area contributed by atoms with Crippen molar-refractivity contribution in [3.05, 3.63) is 54.0 Å². The fraction of sp³-hybridized carbons (Fsp3) is 0.235. The van der Waals surface area contributed by atoms with Crippen molar-refractivity contribution < 1.29 is 8.42 Å². The summed E-state index contributed by atoms with van der Waals surface area (Å²) in [5, 5.41) is 4.89. The van der Waals surface area contributed by atoms with Gasteiger partial charge in [-0.15, -0.1) is 11.3 Å². The Bertz CT molecular complexity index is 947. The van der Waals surface area contributed by atoms with Crippen molar-refractivity contribution in [2.24, 2.45) is 0 Å². The van der Waals surface area contributed by atoms with Gasteiger partial charge in [0.05, 0.1) is 4.90 Å². The lowest BCUT2D eigenvalue weighted by atomic mass is 10.1. The van der Waals surface area contributed by atoms with Crippen LogP contribution in [0.25, 0.3) is 10.8 Å². The molecule has 0 radical (unpaired) electrons. The highest BCUT2D eigenvalue weighted by molar-refractivity contribution is 7.89. The Morgan fingerprint density at radius 1 is 0.958 bits per heavy atom. The molecular formula is C17H17N3O2S2. The summed E-state index contributed by atoms with van der Waals surface area (Å²) in [5.41, 5.74) is 0. The summed E-state index contributed by atoms with van der Waals surface area (Å²) in [6.45, 7) is 2.30. The maximum Gasteiger partial charge on any atom is 0.243 e. The van der Waals surface area contributed by atoms with E-state index in [9.17, 15) is 8.42 Å². The van der Waals surface area contributed by atoms with E-state index in [1.54, 1.807) is 34.0 Å². The first-order valence-electron chi connectivity index (χ1n) is 7.78. The zero-order chi connectivity index (χ0) is 16.6. The molecule has 0 atom stereocenters. The van der Waals surface area contributed by atoms with Crippen molar-refractivity contribution in [3.8, 4) is 0 Å². The number of benzene rings is 2. The van der Waals surface area contributed by atoms with Crippen molar-refractivity contribution in [1.29, 1.82) is 0 Å². The van der Waals surface area contributed by atoms with E-state index in [1.165, 1.54) is 0 Å². The third-order valence-corrected chi connectivity index (χ3v) is 7.01. The third kappa shape index (κ3) is 2.79. The van der Waals surface area contributed by atoms with Crippen LogP contribution in [0.1, 0.15) is 0 Å². The Morgan fingerprint density at radius 2 is 1.71 bits per heavy atom. The summed E-state index contributed by atoms with van der Waals surface area (Å²) < 4.78 is 27.4. The van der Waals surface area contributed by atoms with Gasteiger partial charge in [0.2, 0.25) is 10.0 Å². The Balaban J connectivity index is 1.56. The minimum Gasteiger partial charge on any atom is -0.345 e. The van der Waals surface area contributed by atoms with Crippen molar-refractivity contribution in [1.82, 2.24) is 9.29 Å². The van der Waals surface area contributed by atoms with Crippen LogP contribution < -0.4 is 4.90 Å². The van der Waals surface area contributed by atoms with E-state index in [0.717, 1.165) is 15.9 Å². The first-order chi connectivity index (χ1) is 11.6. The van der Waals surface area contributed by atoms with E-state index in [2.05, 4.69) is 9.88 Å². The van der Waals surface area contributed by atoms with Gasteiger partial charge >= 0.3 is 0 Å². The number of thiazole rings is 1. The molecule has 2 heterocycles. The van der Waals surface area contributed by atoms with Crippen LogP contribution in [-0.4, -0.2) is 43.9 Å². The van der Waals surface area contributed by atoms with Gasteiger partial charge in [-0.25, -0.2) is 13.4 Å². The molecule has 1 aliphatic rings. The number of fused-ring (bicyclic) bond motifs is 1. The van der Waals surface area contributed by atoms with Gasteiger partial charge in [-0.1, -0.05) is 30.3 Å². The van der Waals surface area contributed by atoms with E-state index >= 15 is 0 Å². The zero-order valence-corrected chi connectivity index (χ0v) is 14.6. The smallest absolute Gasteiger partial charge is 0.243 e. The highest BCUT2D eigenvalue weighted by Crippen LogP contribution is 2.24. The highest BCUT2D eigenvalue weighted by Gasteiger charge is 2.29. The average Bonchev–Trinajstić information content (AvgIpc) is 3.16. The lowest BCUT2D eigenvalue weighted by Gasteiger charge is -2.33. The van der Waals surface area contributed by atoms with E-state index < -0.39 is 10.0 Å². The fourth-order valence-corrected chi connectivity index (χ4v) is 5.12. The normalized spacial score (nSPS) is 16.6. The summed E-state index contributed by atoms with van der Waals surface area (Å²) in [6, 6.07) is 13.1. The summed E-state index contributed by atoms with van der Waals surface area (Å²) in [4.78, 5) is 6.80. The quantitative estimate of drug-likeness (QED) is 0.722. The van der Waals surface area contributed by atoms with Crippen LogP contribution in [0.3, 0.4) is 0 Å². The Labute approximate surface area is 145 Å². The van der Waals surface area contributed by atoms with Crippen LogP contribution in [0.15, 0.2) is 58.9 Å². The van der Waals surface area contributed by atoms with Gasteiger partial charge < -0.3 is 4.90 Å². The first kappa shape index (κ1) is 15.6. The monoisotopic (exact) mass is 359 g/mol. The molecule has 1 saturated heterocycles. The van der Waals surface area contributed by atoms with E-state index in [-0.39, 0.29) is 0 Å². The van der Waals surface area contributed by atoms with Gasteiger partial charge in [-0.05, 0) is 22.9 Å². The number of hydrogen-bond acceptors (Lipinski definition) is 5. The second-order valence-corrected chi connectivity index (χ2v) is 8.53. The predicted molar refractivity (Wildman–Crippen MR) is 97.0 cm³/mol. The predicted octanol–water partition coefficient (Wildman–Crippen LogP) is 2.81. The average molecular weight is 359 g/mol. The van der Waals surface area contributed by atoms with Gasteiger partial charge in [0, 0.05) is 37.8 Å². The van der Waals surface area contributed by atoms with Crippen LogP contribution in [0, 0.1) is 0 Å². The lowest BCUT2D eigenvalue weighted by molar-refractivity contribution is 0.385. The molecule has 0 aliphatic carbocycles. The largest absolute Gasteiger partial charge is 0.345 e. The van der Waals surface area contributed by atoms with Crippen LogP contribution in [-0.2, 0) is 10.0 Å². The van der Waals surface area contributed by atoms with Crippen molar-refractivity contribution in [2.75, 3.05) is 31.1 Å². The van der Waals surface area contributed by atoms with Crippen LogP contribution in [0.4, 0.5) is 5.13 Å². The minimum absolute atomic E-state index is 0.365. The zero-order valence-electron chi connectivity index (χ0n) is 13.0. The molecule has 0 saturated carbocycles. The topological polar surface area (TPSA) is 53.5 Å². The summed E-state index contributed by atoms with van der Waals surface area (Å²) in [7, 11) is -3.46. The molecule has 7 heteroatoms. The molecule has 1 aliphatic heterocycles. The maximum absolute atomic E-state index is 12.9. The second kappa shape index (κ2) is 6.16. The number of nitrogens with zero attached hydrogens (tertiary/aromatic N) is 3. The van der Waals surface area contributed by atoms with E-state index in [4.69, 9.17) is 0 Å². The number of rotatable bonds is 3. The number of sulfonamides is 1. The Hall–Kier alpha value is -1.96. The molecule has 4 rings (SSSR count). The molecule has 124 valence electrons. The van der Waals surface area contributed by atoms with Crippen LogP contribution >= 0.6 is 11.3 Å². The van der Waals surface area contributed by atoms with Crippen molar-refractivity contribution in [2.45, 2.75) is 4.90 Å². The van der Waals surface area contributed by atoms with Crippen LogP contribution in [0.2, 0.25) is 0 Å². The number of hydrogen-bond donors (Lipinski definition) is 0. The van der Waals surface area contributed by atoms with Gasteiger partial charge in [0.15, 0.2) is 5.13 Å². The standard InChI is InChI=1S/C17H17N3O2S2/c21-24(22,16-6-5-14-3-1-2-4-15(14)13-16)20-10-8-19(9-11-20)17-18-7-12-23-17/h1-7,12-13H,8-11H2. The minimum atomic E-state index is -3.46. The summed E-state index contributed by atoms with van der Waals surface area (Å²) in [6.07, 6.45) is 1.78. The van der Waals surface area contributed by atoms with Gasteiger partial charge in [0.1, 0.15) is 0 Å². The number of anilines is 1. The molecule has 5 nitrogen and oxygen atoms in total. The molecule has 0 amide bonds. The number of piperazine rings is 1. The van der Waals surface area contributed by atoms with Gasteiger partial charge in [-0.2, -0.15) is 4.31 Å². The van der Waals surface area contributed by atoms with E-state index in [1.807, 2.05) is 35.7 Å². The fourth-order valence-electron chi connectivity index (χ4n) is 2.97. The molecule has 2 aromatic carbocycles. The molecule has 0 N–H and O–H groups in total. The Kier molecular flexibility index (Phi) is 3.99. The summed E-state index contributed by atoms with van der Waals surface area (Å²) in [5.74, 6) is 0. The highest BCUT2D eigenvalue weighted by atomic mass is 32.2. The Morgan fingerprint density at radius 3 is 2.42 bits per heavy atom. The molecule has 3 aromatic rings. The molecule has 1 aromatic heterocycles. The third-order valence-electron chi connectivity index (χ3n) is 4.29. The molecular weight excluding hydrogens is 342 g/mol. The molecule has 24 heavy (non-hydrogen) atoms. The van der Waals surface area contributed by atoms with Crippen LogP contribution in [0.5, 0.6) is 0 Å². The summed E-state index contributed by atoms with van der Waals surface area (Å²) >= 11 is 1.58. The molecule has 0 bridgehead atoms. The van der Waals surface area contributed by atoms with E-state index in [0.29, 0.717) is 31.1 Å². The SMILES string of the molecule is O=S(=O)(c1ccc2ccccc2c1)N1CCN(c2nccs2)CC1. The molecule has 1 fully saturated rings. The molecule has 0 spiro atoms. The number of aromatic nitrogens is 1.